The van der Waals surface area contributed by atoms with Crippen LogP contribution in [0.2, 0.25) is 0 Å². The van der Waals surface area contributed by atoms with E-state index in [0.29, 0.717) is 0 Å². The topological polar surface area (TPSA) is 41.0 Å². The van der Waals surface area contributed by atoms with Crippen LogP contribution in [0.5, 0.6) is 0 Å². The average Bonchev–Trinajstić information content (AvgIpc) is 2.45. The monoisotopic (exact) mass is 270 g/mol. The van der Waals surface area contributed by atoms with Crippen molar-refractivity contribution in [2.45, 2.75) is 27.3 Å². The van der Waals surface area contributed by atoms with Gasteiger partial charge in [0.25, 0.3) is 0 Å². The van der Waals surface area contributed by atoms with Crippen LogP contribution in [0.15, 0.2) is 30.3 Å². The Kier molecular flexibility index (Phi) is 4.69. The van der Waals surface area contributed by atoms with Gasteiger partial charge in [-0.3, -0.25) is 0 Å². The van der Waals surface area contributed by atoms with E-state index in [9.17, 15) is 0 Å². The molecular weight excluding hydrogens is 248 g/mol. The van der Waals surface area contributed by atoms with E-state index in [1.807, 2.05) is 19.2 Å². The third-order valence-corrected chi connectivity index (χ3v) is 3.32. The molecule has 0 unspecified atom stereocenters. The number of hydrogen-bond acceptors (Lipinski definition) is 4. The molecule has 4 heteroatoms. The maximum absolute atomic E-state index is 4.31. The van der Waals surface area contributed by atoms with E-state index in [-0.39, 0.29) is 0 Å². The fourth-order valence-corrected chi connectivity index (χ4v) is 2.18. The quantitative estimate of drug-likeness (QED) is 0.907. The Morgan fingerprint density at radius 1 is 1.10 bits per heavy atom. The van der Waals surface area contributed by atoms with Gasteiger partial charge in [-0.15, -0.1) is 5.10 Å². The van der Waals surface area contributed by atoms with Crippen LogP contribution in [0, 0.1) is 13.8 Å². The Bertz CT molecular complexity index is 563. The third kappa shape index (κ3) is 3.33. The Labute approximate surface area is 120 Å². The molecule has 0 fully saturated rings. The predicted molar refractivity (Wildman–Crippen MR) is 83.4 cm³/mol. The van der Waals surface area contributed by atoms with Crippen LogP contribution in [0.3, 0.4) is 0 Å². The second-order valence-electron chi connectivity index (χ2n) is 5.01. The summed E-state index contributed by atoms with van der Waals surface area (Å²) >= 11 is 0. The molecule has 0 aliphatic heterocycles. The third-order valence-electron chi connectivity index (χ3n) is 3.32. The number of nitrogens with one attached hydrogen (secondary N) is 1. The first-order valence-corrected chi connectivity index (χ1v) is 6.96. The van der Waals surface area contributed by atoms with Crippen LogP contribution in [-0.4, -0.2) is 23.8 Å². The molecule has 20 heavy (non-hydrogen) atoms. The van der Waals surface area contributed by atoms with E-state index in [4.69, 9.17) is 0 Å². The standard InChI is InChI=1S/C16H22N4/c1-5-17-11-14-7-9-16(19-18-14)20(4)15-8-6-12(2)10-13(15)3/h6-10,17H,5,11H2,1-4H3. The van der Waals surface area contributed by atoms with Crippen molar-refractivity contribution in [1.29, 1.82) is 0 Å². The van der Waals surface area contributed by atoms with Gasteiger partial charge in [0, 0.05) is 19.3 Å². The van der Waals surface area contributed by atoms with Crippen LogP contribution in [0.4, 0.5) is 11.5 Å². The SMILES string of the molecule is CCNCc1ccc(N(C)c2ccc(C)cc2C)nn1. The molecule has 1 N–H and O–H groups in total. The molecule has 1 aromatic heterocycles. The van der Waals surface area contributed by atoms with Crippen molar-refractivity contribution in [1.82, 2.24) is 15.5 Å². The Balaban J connectivity index is 2.18. The van der Waals surface area contributed by atoms with E-state index < -0.39 is 0 Å². The maximum Gasteiger partial charge on any atom is 0.155 e. The predicted octanol–water partition coefficient (Wildman–Crippen LogP) is 2.97. The van der Waals surface area contributed by atoms with Crippen LogP contribution in [0.25, 0.3) is 0 Å². The number of aromatic nitrogens is 2. The van der Waals surface area contributed by atoms with Crippen molar-refractivity contribution in [2.24, 2.45) is 0 Å². The van der Waals surface area contributed by atoms with Gasteiger partial charge >= 0.3 is 0 Å². The molecule has 0 saturated carbocycles. The fourth-order valence-electron chi connectivity index (χ4n) is 2.18. The summed E-state index contributed by atoms with van der Waals surface area (Å²) in [4.78, 5) is 2.07. The van der Waals surface area contributed by atoms with Crippen molar-refractivity contribution in [3.8, 4) is 0 Å². The lowest BCUT2D eigenvalue weighted by molar-refractivity contribution is 0.698. The second-order valence-corrected chi connectivity index (χ2v) is 5.01. The Morgan fingerprint density at radius 3 is 2.50 bits per heavy atom. The number of benzene rings is 1. The minimum Gasteiger partial charge on any atom is -0.328 e. The highest BCUT2D eigenvalue weighted by molar-refractivity contribution is 5.63. The van der Waals surface area contributed by atoms with Gasteiger partial charge in [-0.2, -0.15) is 5.10 Å². The van der Waals surface area contributed by atoms with Crippen molar-refractivity contribution in [3.63, 3.8) is 0 Å². The largest absolute Gasteiger partial charge is 0.328 e. The first kappa shape index (κ1) is 14.5. The highest BCUT2D eigenvalue weighted by atomic mass is 15.3. The van der Waals surface area contributed by atoms with Gasteiger partial charge in [0.05, 0.1) is 5.69 Å². The van der Waals surface area contributed by atoms with E-state index in [2.05, 4.69) is 59.4 Å². The van der Waals surface area contributed by atoms with E-state index in [1.54, 1.807) is 0 Å². The second kappa shape index (κ2) is 6.48. The number of nitrogens with zero attached hydrogens (tertiary/aromatic N) is 3. The molecule has 106 valence electrons. The normalized spacial score (nSPS) is 10.6. The molecule has 0 radical (unpaired) electrons. The molecule has 0 amide bonds. The summed E-state index contributed by atoms with van der Waals surface area (Å²) in [5.41, 5.74) is 4.63. The molecule has 0 saturated heterocycles. The van der Waals surface area contributed by atoms with Gasteiger partial charge in [0.15, 0.2) is 5.82 Å². The number of rotatable bonds is 5. The Morgan fingerprint density at radius 2 is 1.90 bits per heavy atom. The van der Waals surface area contributed by atoms with Crippen molar-refractivity contribution < 1.29 is 0 Å². The van der Waals surface area contributed by atoms with Gasteiger partial charge in [-0.05, 0) is 44.2 Å². The van der Waals surface area contributed by atoms with Crippen LogP contribution in [-0.2, 0) is 6.54 Å². The van der Waals surface area contributed by atoms with Gasteiger partial charge in [-0.1, -0.05) is 24.6 Å². The minimum atomic E-state index is 0.761. The summed E-state index contributed by atoms with van der Waals surface area (Å²) in [7, 11) is 2.02. The summed E-state index contributed by atoms with van der Waals surface area (Å²) in [6.07, 6.45) is 0. The summed E-state index contributed by atoms with van der Waals surface area (Å²) in [5.74, 6) is 0.859. The summed E-state index contributed by atoms with van der Waals surface area (Å²) < 4.78 is 0. The molecule has 2 aromatic rings. The molecule has 1 heterocycles. The first-order chi connectivity index (χ1) is 9.61. The molecule has 0 atom stereocenters. The van der Waals surface area contributed by atoms with Crippen LogP contribution < -0.4 is 10.2 Å². The number of hydrogen-bond donors (Lipinski definition) is 1. The van der Waals surface area contributed by atoms with Gasteiger partial charge in [0.1, 0.15) is 0 Å². The zero-order valence-corrected chi connectivity index (χ0v) is 12.6. The van der Waals surface area contributed by atoms with E-state index in [1.165, 1.54) is 11.1 Å². The van der Waals surface area contributed by atoms with E-state index in [0.717, 1.165) is 30.3 Å². The van der Waals surface area contributed by atoms with Crippen molar-refractivity contribution in [2.75, 3.05) is 18.5 Å². The minimum absolute atomic E-state index is 0.761. The highest BCUT2D eigenvalue weighted by Gasteiger charge is 2.08. The highest BCUT2D eigenvalue weighted by Crippen LogP contribution is 2.25. The Hall–Kier alpha value is -1.94. The van der Waals surface area contributed by atoms with Crippen molar-refractivity contribution >= 4 is 11.5 Å². The fraction of sp³-hybridized carbons (Fsp3) is 0.375. The molecule has 2 rings (SSSR count). The summed E-state index contributed by atoms with van der Waals surface area (Å²) in [6, 6.07) is 10.5. The van der Waals surface area contributed by atoms with Crippen LogP contribution >= 0.6 is 0 Å². The lowest BCUT2D eigenvalue weighted by Crippen LogP contribution is -2.16. The number of aryl methyl sites for hydroxylation is 2. The average molecular weight is 270 g/mol. The lowest BCUT2D eigenvalue weighted by atomic mass is 10.1. The maximum atomic E-state index is 4.31. The molecule has 4 nitrogen and oxygen atoms in total. The smallest absolute Gasteiger partial charge is 0.155 e. The zero-order valence-electron chi connectivity index (χ0n) is 12.6. The van der Waals surface area contributed by atoms with E-state index >= 15 is 0 Å². The molecule has 0 spiro atoms. The summed E-state index contributed by atoms with van der Waals surface area (Å²) in [6.45, 7) is 8.00. The van der Waals surface area contributed by atoms with Crippen LogP contribution in [0.1, 0.15) is 23.7 Å². The lowest BCUT2D eigenvalue weighted by Gasteiger charge is -2.20. The molecule has 0 aliphatic carbocycles. The van der Waals surface area contributed by atoms with Gasteiger partial charge in [0.2, 0.25) is 0 Å². The van der Waals surface area contributed by atoms with Gasteiger partial charge in [-0.25, -0.2) is 0 Å². The molecule has 1 aromatic carbocycles. The van der Waals surface area contributed by atoms with Crippen molar-refractivity contribution in [3.05, 3.63) is 47.2 Å². The zero-order chi connectivity index (χ0) is 14.5. The molecule has 0 bridgehead atoms. The molecular formula is C16H22N4. The molecule has 0 aliphatic rings. The first-order valence-electron chi connectivity index (χ1n) is 6.96. The van der Waals surface area contributed by atoms with Gasteiger partial charge < -0.3 is 10.2 Å². The summed E-state index contributed by atoms with van der Waals surface area (Å²) in [5, 5.41) is 11.8. The number of anilines is 2.